The molecular weight excluding hydrogens is 304 g/mol. The summed E-state index contributed by atoms with van der Waals surface area (Å²) >= 11 is 6.55. The molecule has 20 heavy (non-hydrogen) atoms. The number of thioether (sulfide) groups is 1. The van der Waals surface area contributed by atoms with Gasteiger partial charge in [-0.05, 0) is 35.5 Å². The highest BCUT2D eigenvalue weighted by atomic mass is 35.5. The Morgan fingerprint density at radius 3 is 2.85 bits per heavy atom. The first kappa shape index (κ1) is 14.4. The minimum absolute atomic E-state index is 0.0885. The van der Waals surface area contributed by atoms with Crippen molar-refractivity contribution in [2.75, 3.05) is 0 Å². The summed E-state index contributed by atoms with van der Waals surface area (Å²) in [5, 5.41) is 28.5. The molecule has 1 heterocycles. The second-order valence-corrected chi connectivity index (χ2v) is 5.11. The van der Waals surface area contributed by atoms with Crippen molar-refractivity contribution in [1.82, 2.24) is 10.2 Å². The zero-order chi connectivity index (χ0) is 14.7. The van der Waals surface area contributed by atoms with Crippen LogP contribution in [0.25, 0.3) is 6.08 Å². The van der Waals surface area contributed by atoms with E-state index in [1.807, 2.05) is 0 Å². The summed E-state index contributed by atoms with van der Waals surface area (Å²) in [7, 11) is 0. The van der Waals surface area contributed by atoms with Crippen molar-refractivity contribution in [1.29, 1.82) is 0 Å². The van der Waals surface area contributed by atoms with Gasteiger partial charge in [0.2, 0.25) is 5.89 Å². The van der Waals surface area contributed by atoms with E-state index in [9.17, 15) is 9.90 Å². The number of carboxylic acid groups (broad SMARTS) is 1. The van der Waals surface area contributed by atoms with Gasteiger partial charge in [-0.15, -0.1) is 15.9 Å². The molecule has 0 aliphatic heterocycles. The predicted molar refractivity (Wildman–Crippen MR) is 71.4 cm³/mol. The minimum Gasteiger partial charge on any atom is -0.872 e. The van der Waals surface area contributed by atoms with Crippen molar-refractivity contribution < 1.29 is 19.4 Å². The number of rotatable bonds is 4. The molecule has 0 bridgehead atoms. The van der Waals surface area contributed by atoms with Crippen molar-refractivity contribution in [3.63, 3.8) is 0 Å². The smallest absolute Gasteiger partial charge is 0.342 e. The molecule has 0 atom stereocenters. The summed E-state index contributed by atoms with van der Waals surface area (Å²) in [6.07, 6.45) is 1.22. The highest BCUT2D eigenvalue weighted by Crippen LogP contribution is 2.30. The van der Waals surface area contributed by atoms with Gasteiger partial charge in [0.25, 0.3) is 5.22 Å². The van der Waals surface area contributed by atoms with Gasteiger partial charge in [0.05, 0.1) is 0 Å². The van der Waals surface area contributed by atoms with Crippen LogP contribution in [-0.2, 0) is 4.79 Å². The lowest BCUT2D eigenvalue weighted by Crippen LogP contribution is -1.99. The van der Waals surface area contributed by atoms with Crippen molar-refractivity contribution >= 4 is 35.4 Å². The van der Waals surface area contributed by atoms with Crippen LogP contribution in [0, 0.1) is 6.92 Å². The number of benzene rings is 1. The molecule has 0 aliphatic carbocycles. The van der Waals surface area contributed by atoms with E-state index in [2.05, 4.69) is 10.2 Å². The molecule has 2 aromatic rings. The Morgan fingerprint density at radius 1 is 1.50 bits per heavy atom. The zero-order valence-corrected chi connectivity index (χ0v) is 11.7. The molecule has 0 radical (unpaired) electrons. The van der Waals surface area contributed by atoms with Gasteiger partial charge in [0.15, 0.2) is 0 Å². The second kappa shape index (κ2) is 5.98. The van der Waals surface area contributed by atoms with Crippen LogP contribution in [-0.4, -0.2) is 21.3 Å². The summed E-state index contributed by atoms with van der Waals surface area (Å²) < 4.78 is 5.09. The van der Waals surface area contributed by atoms with Crippen LogP contribution in [0.3, 0.4) is 0 Å². The van der Waals surface area contributed by atoms with E-state index in [-0.39, 0.29) is 21.4 Å². The maximum Gasteiger partial charge on any atom is 0.342 e. The monoisotopic (exact) mass is 311 g/mol. The third kappa shape index (κ3) is 3.52. The molecule has 1 N–H and O–H groups in total. The van der Waals surface area contributed by atoms with Crippen LogP contribution in [0.2, 0.25) is 5.02 Å². The van der Waals surface area contributed by atoms with Crippen LogP contribution in [0.15, 0.2) is 32.7 Å². The first-order valence-electron chi connectivity index (χ1n) is 5.35. The standard InChI is InChI=1S/C12H9ClN2O4S/c1-6-14-15-12(19-6)20-10(11(17)18)5-7-4-8(13)2-3-9(7)16/h2-5,16H,1H3,(H,17,18)/p-1/b10-5-. The van der Waals surface area contributed by atoms with E-state index < -0.39 is 5.97 Å². The number of nitrogens with zero attached hydrogens (tertiary/aromatic N) is 2. The van der Waals surface area contributed by atoms with Crippen LogP contribution in [0.4, 0.5) is 0 Å². The number of aromatic nitrogens is 2. The number of carboxylic acids is 1. The lowest BCUT2D eigenvalue weighted by atomic mass is 10.2. The molecule has 104 valence electrons. The summed E-state index contributed by atoms with van der Waals surface area (Å²) in [6, 6.07) is 4.11. The average Bonchev–Trinajstić information content (AvgIpc) is 2.78. The molecule has 0 saturated carbocycles. The Hall–Kier alpha value is -1.99. The molecule has 0 saturated heterocycles. The molecule has 0 amide bonds. The van der Waals surface area contributed by atoms with E-state index in [0.29, 0.717) is 10.9 Å². The van der Waals surface area contributed by atoms with Gasteiger partial charge in [-0.25, -0.2) is 4.79 Å². The fourth-order valence-electron chi connectivity index (χ4n) is 1.32. The Kier molecular flexibility index (Phi) is 4.31. The van der Waals surface area contributed by atoms with Crippen molar-refractivity contribution in [2.45, 2.75) is 12.1 Å². The second-order valence-electron chi connectivity index (χ2n) is 3.68. The summed E-state index contributed by atoms with van der Waals surface area (Å²) in [5.74, 6) is -1.20. The fourth-order valence-corrected chi connectivity index (χ4v) is 2.21. The third-order valence-corrected chi connectivity index (χ3v) is 3.26. The minimum atomic E-state index is -1.20. The van der Waals surface area contributed by atoms with Gasteiger partial charge in [0.1, 0.15) is 4.91 Å². The highest BCUT2D eigenvalue weighted by molar-refractivity contribution is 8.03. The average molecular weight is 312 g/mol. The lowest BCUT2D eigenvalue weighted by Gasteiger charge is -2.10. The number of aliphatic carboxylic acids is 1. The molecule has 0 spiro atoms. The fraction of sp³-hybridized carbons (Fsp3) is 0.0833. The SMILES string of the molecule is Cc1nnc(S/C(=C\c2cc(Cl)ccc2[O-])C(=O)O)o1. The van der Waals surface area contributed by atoms with Gasteiger partial charge >= 0.3 is 5.97 Å². The topological polar surface area (TPSA) is 99.3 Å². The van der Waals surface area contributed by atoms with Crippen LogP contribution in [0.5, 0.6) is 5.75 Å². The van der Waals surface area contributed by atoms with Crippen molar-refractivity contribution in [3.05, 3.63) is 39.6 Å². The number of carbonyl (C=O) groups is 1. The Morgan fingerprint density at radius 2 is 2.25 bits per heavy atom. The van der Waals surface area contributed by atoms with Gasteiger partial charge in [-0.2, -0.15) is 0 Å². The van der Waals surface area contributed by atoms with Gasteiger partial charge < -0.3 is 14.6 Å². The maximum absolute atomic E-state index is 11.6. The molecule has 1 aromatic carbocycles. The van der Waals surface area contributed by atoms with Crippen LogP contribution >= 0.6 is 23.4 Å². The van der Waals surface area contributed by atoms with Gasteiger partial charge in [-0.1, -0.05) is 17.7 Å². The zero-order valence-electron chi connectivity index (χ0n) is 10.2. The predicted octanol–water partition coefficient (Wildman–Crippen LogP) is 2.32. The van der Waals surface area contributed by atoms with Crippen LogP contribution in [0.1, 0.15) is 11.5 Å². The van der Waals surface area contributed by atoms with Gasteiger partial charge in [0, 0.05) is 11.9 Å². The van der Waals surface area contributed by atoms with E-state index in [1.165, 1.54) is 24.3 Å². The highest BCUT2D eigenvalue weighted by Gasteiger charge is 2.14. The number of aryl methyl sites for hydroxylation is 1. The molecular formula is C12H8ClN2O4S-. The largest absolute Gasteiger partial charge is 0.872 e. The Bertz CT molecular complexity index is 684. The molecule has 0 aliphatic rings. The molecule has 0 fully saturated rings. The normalized spacial score (nSPS) is 11.6. The third-order valence-electron chi connectivity index (χ3n) is 2.17. The number of halogens is 1. The van der Waals surface area contributed by atoms with E-state index in [4.69, 9.17) is 21.1 Å². The molecule has 0 unspecified atom stereocenters. The molecule has 8 heteroatoms. The first-order chi connectivity index (χ1) is 9.45. The number of hydrogen-bond donors (Lipinski definition) is 1. The number of hydrogen-bond acceptors (Lipinski definition) is 6. The first-order valence-corrected chi connectivity index (χ1v) is 6.54. The van der Waals surface area contributed by atoms with Crippen molar-refractivity contribution in [2.24, 2.45) is 0 Å². The summed E-state index contributed by atoms with van der Waals surface area (Å²) in [4.78, 5) is 11.1. The Balaban J connectivity index is 2.35. The van der Waals surface area contributed by atoms with E-state index in [1.54, 1.807) is 6.92 Å². The lowest BCUT2D eigenvalue weighted by molar-refractivity contribution is -0.268. The molecule has 1 aromatic heterocycles. The Labute approximate surface area is 123 Å². The maximum atomic E-state index is 11.6. The quantitative estimate of drug-likeness (QED) is 0.683. The van der Waals surface area contributed by atoms with Gasteiger partial charge in [-0.3, -0.25) is 0 Å². The summed E-state index contributed by atoms with van der Waals surface area (Å²) in [5.41, 5.74) is 0.179. The van der Waals surface area contributed by atoms with Crippen molar-refractivity contribution in [3.8, 4) is 5.75 Å². The molecule has 6 nitrogen and oxygen atoms in total. The summed E-state index contributed by atoms with van der Waals surface area (Å²) in [6.45, 7) is 1.59. The molecule has 2 rings (SSSR count). The van der Waals surface area contributed by atoms with Crippen LogP contribution < -0.4 is 5.11 Å². The van der Waals surface area contributed by atoms with E-state index in [0.717, 1.165) is 11.8 Å². The van der Waals surface area contributed by atoms with E-state index >= 15 is 0 Å².